The first-order valence-corrected chi connectivity index (χ1v) is 7.77. The highest BCUT2D eigenvalue weighted by molar-refractivity contribution is 7.98. The number of carbonyl (C=O) groups is 1. The van der Waals surface area contributed by atoms with Gasteiger partial charge in [-0.15, -0.1) is 11.8 Å². The van der Waals surface area contributed by atoms with E-state index >= 15 is 0 Å². The summed E-state index contributed by atoms with van der Waals surface area (Å²) in [6.45, 7) is 0.953. The molecule has 1 aliphatic rings. The summed E-state index contributed by atoms with van der Waals surface area (Å²) in [7, 11) is 0. The number of nitrogens with zero attached hydrogens (tertiary/aromatic N) is 3. The minimum Gasteiger partial charge on any atom is -0.481 e. The molecule has 0 radical (unpaired) electrons. The molecule has 1 aromatic rings. The topological polar surface area (TPSA) is 66.3 Å². The van der Waals surface area contributed by atoms with E-state index in [1.807, 2.05) is 12.3 Å². The van der Waals surface area contributed by atoms with E-state index in [2.05, 4.69) is 14.9 Å². The molecule has 1 aromatic heterocycles. The van der Waals surface area contributed by atoms with Crippen LogP contribution >= 0.6 is 11.8 Å². The molecule has 1 aliphatic heterocycles. The van der Waals surface area contributed by atoms with Crippen LogP contribution in [0.1, 0.15) is 32.1 Å². The van der Waals surface area contributed by atoms with Crippen LogP contribution in [-0.4, -0.2) is 39.9 Å². The number of aliphatic carboxylic acids is 1. The van der Waals surface area contributed by atoms with E-state index in [-0.39, 0.29) is 12.5 Å². The van der Waals surface area contributed by atoms with Crippen molar-refractivity contribution in [3.05, 3.63) is 12.4 Å². The molecular weight excluding hydrogens is 262 g/mol. The van der Waals surface area contributed by atoms with Gasteiger partial charge in [-0.25, -0.2) is 9.97 Å². The smallest absolute Gasteiger partial charge is 0.303 e. The average Bonchev–Trinajstić information content (AvgIpc) is 2.45. The van der Waals surface area contributed by atoms with Crippen molar-refractivity contribution < 1.29 is 9.90 Å². The third-order valence-electron chi connectivity index (χ3n) is 3.45. The number of carboxylic acid groups (broad SMARTS) is 1. The number of hydrogen-bond donors (Lipinski definition) is 1. The maximum absolute atomic E-state index is 10.7. The average molecular weight is 281 g/mol. The number of rotatable bonds is 5. The van der Waals surface area contributed by atoms with Crippen molar-refractivity contribution in [2.24, 2.45) is 0 Å². The Morgan fingerprint density at radius 1 is 1.53 bits per heavy atom. The molecule has 5 nitrogen and oxygen atoms in total. The van der Waals surface area contributed by atoms with Gasteiger partial charge in [0.15, 0.2) is 0 Å². The first-order chi connectivity index (χ1) is 9.20. The molecule has 0 bridgehead atoms. The number of piperidine rings is 1. The minimum atomic E-state index is -0.724. The maximum atomic E-state index is 10.7. The fourth-order valence-electron chi connectivity index (χ4n) is 2.49. The third kappa shape index (κ3) is 3.83. The SMILES string of the molecule is CSc1cc(N2CCCCC2CCC(=O)O)ncn1. The number of anilines is 1. The van der Waals surface area contributed by atoms with E-state index in [4.69, 9.17) is 5.11 Å². The van der Waals surface area contributed by atoms with Crippen LogP contribution in [-0.2, 0) is 4.79 Å². The largest absolute Gasteiger partial charge is 0.481 e. The second-order valence-corrected chi connectivity index (χ2v) is 5.52. The van der Waals surface area contributed by atoms with Crippen LogP contribution in [0.25, 0.3) is 0 Å². The lowest BCUT2D eigenvalue weighted by molar-refractivity contribution is -0.137. The van der Waals surface area contributed by atoms with Crippen LogP contribution in [0.3, 0.4) is 0 Å². The third-order valence-corrected chi connectivity index (χ3v) is 4.09. The molecular formula is C13H19N3O2S. The van der Waals surface area contributed by atoms with Crippen molar-refractivity contribution in [1.29, 1.82) is 0 Å². The van der Waals surface area contributed by atoms with Gasteiger partial charge in [-0.05, 0) is 31.9 Å². The van der Waals surface area contributed by atoms with Gasteiger partial charge in [-0.3, -0.25) is 4.79 Å². The summed E-state index contributed by atoms with van der Waals surface area (Å²) in [5, 5.41) is 9.79. The molecule has 0 saturated carbocycles. The summed E-state index contributed by atoms with van der Waals surface area (Å²) in [6.07, 6.45) is 7.85. The van der Waals surface area contributed by atoms with Crippen LogP contribution in [0.5, 0.6) is 0 Å². The summed E-state index contributed by atoms with van der Waals surface area (Å²) < 4.78 is 0. The molecule has 104 valence electrons. The van der Waals surface area contributed by atoms with Gasteiger partial charge >= 0.3 is 5.97 Å². The van der Waals surface area contributed by atoms with E-state index in [1.54, 1.807) is 18.1 Å². The Morgan fingerprint density at radius 3 is 3.11 bits per heavy atom. The van der Waals surface area contributed by atoms with Gasteiger partial charge in [0.2, 0.25) is 0 Å². The van der Waals surface area contributed by atoms with Crippen molar-refractivity contribution in [3.63, 3.8) is 0 Å². The molecule has 2 rings (SSSR count). The van der Waals surface area contributed by atoms with Gasteiger partial charge in [0, 0.05) is 25.1 Å². The molecule has 0 spiro atoms. The molecule has 1 unspecified atom stereocenters. The summed E-state index contributed by atoms with van der Waals surface area (Å²) in [5.74, 6) is 0.201. The van der Waals surface area contributed by atoms with Crippen molar-refractivity contribution in [2.45, 2.75) is 43.2 Å². The Kier molecular flexibility index (Phi) is 5.01. The van der Waals surface area contributed by atoms with Crippen LogP contribution in [0, 0.1) is 0 Å². The Balaban J connectivity index is 2.11. The number of carboxylic acids is 1. The fourth-order valence-corrected chi connectivity index (χ4v) is 2.87. The van der Waals surface area contributed by atoms with Crippen molar-refractivity contribution in [1.82, 2.24) is 9.97 Å². The van der Waals surface area contributed by atoms with Crippen molar-refractivity contribution >= 4 is 23.5 Å². The zero-order valence-electron chi connectivity index (χ0n) is 11.1. The molecule has 1 saturated heterocycles. The molecule has 6 heteroatoms. The zero-order chi connectivity index (χ0) is 13.7. The van der Waals surface area contributed by atoms with Crippen LogP contribution < -0.4 is 4.90 Å². The van der Waals surface area contributed by atoms with Gasteiger partial charge in [0.25, 0.3) is 0 Å². The molecule has 2 heterocycles. The normalized spacial score (nSPS) is 19.4. The lowest BCUT2D eigenvalue weighted by Crippen LogP contribution is -2.40. The van der Waals surface area contributed by atoms with Crippen molar-refractivity contribution in [3.8, 4) is 0 Å². The van der Waals surface area contributed by atoms with Gasteiger partial charge < -0.3 is 10.0 Å². The summed E-state index contributed by atoms with van der Waals surface area (Å²) in [6, 6.07) is 2.28. The highest BCUT2D eigenvalue weighted by Crippen LogP contribution is 2.27. The Hall–Kier alpha value is -1.30. The standard InChI is InChI=1S/C13H19N3O2S/c1-19-12-8-11(14-9-15-12)16-7-3-2-4-10(16)5-6-13(17)18/h8-10H,2-7H2,1H3,(H,17,18). The van der Waals surface area contributed by atoms with E-state index in [0.717, 1.165) is 30.2 Å². The van der Waals surface area contributed by atoms with E-state index in [9.17, 15) is 4.79 Å². The molecule has 0 aliphatic carbocycles. The lowest BCUT2D eigenvalue weighted by Gasteiger charge is -2.36. The Morgan fingerprint density at radius 2 is 2.37 bits per heavy atom. The van der Waals surface area contributed by atoms with E-state index in [0.29, 0.717) is 6.42 Å². The molecule has 1 N–H and O–H groups in total. The first kappa shape index (κ1) is 14.1. The highest BCUT2D eigenvalue weighted by atomic mass is 32.2. The number of thioether (sulfide) groups is 1. The zero-order valence-corrected chi connectivity index (χ0v) is 11.9. The monoisotopic (exact) mass is 281 g/mol. The van der Waals surface area contributed by atoms with E-state index in [1.165, 1.54) is 6.42 Å². The lowest BCUT2D eigenvalue weighted by atomic mass is 9.98. The van der Waals surface area contributed by atoms with Crippen LogP contribution in [0.4, 0.5) is 5.82 Å². The summed E-state index contributed by atoms with van der Waals surface area (Å²) in [4.78, 5) is 21.5. The van der Waals surface area contributed by atoms with E-state index < -0.39 is 5.97 Å². The quantitative estimate of drug-likeness (QED) is 0.660. The Labute approximate surface area is 117 Å². The maximum Gasteiger partial charge on any atom is 0.303 e. The van der Waals surface area contributed by atoms with Gasteiger partial charge in [-0.1, -0.05) is 0 Å². The van der Waals surface area contributed by atoms with Gasteiger partial charge in [-0.2, -0.15) is 0 Å². The predicted molar refractivity (Wildman–Crippen MR) is 75.7 cm³/mol. The molecule has 1 fully saturated rings. The van der Waals surface area contributed by atoms with Gasteiger partial charge in [0.05, 0.1) is 0 Å². The molecule has 1 atom stereocenters. The molecule has 0 amide bonds. The Bertz CT molecular complexity index is 442. The summed E-state index contributed by atoms with van der Waals surface area (Å²) in [5.41, 5.74) is 0. The van der Waals surface area contributed by atoms with Crippen LogP contribution in [0.2, 0.25) is 0 Å². The number of hydrogen-bond acceptors (Lipinski definition) is 5. The van der Waals surface area contributed by atoms with Crippen molar-refractivity contribution in [2.75, 3.05) is 17.7 Å². The minimum absolute atomic E-state index is 0.224. The first-order valence-electron chi connectivity index (χ1n) is 6.55. The predicted octanol–water partition coefficient (Wildman–Crippen LogP) is 2.42. The summed E-state index contributed by atoms with van der Waals surface area (Å²) >= 11 is 1.59. The fraction of sp³-hybridized carbons (Fsp3) is 0.615. The number of aromatic nitrogens is 2. The second kappa shape index (κ2) is 6.75. The second-order valence-electron chi connectivity index (χ2n) is 4.69. The van der Waals surface area contributed by atoms with Crippen LogP contribution in [0.15, 0.2) is 17.4 Å². The molecule has 0 aromatic carbocycles. The molecule has 19 heavy (non-hydrogen) atoms. The highest BCUT2D eigenvalue weighted by Gasteiger charge is 2.24. The van der Waals surface area contributed by atoms with Gasteiger partial charge in [0.1, 0.15) is 17.2 Å².